The minimum Gasteiger partial charge on any atom is -0.462 e. The molecule has 132 valence electrons. The SMILES string of the molecule is C=C1C(C)CC1CC(C)C(C)Nc1ccc(C(=O)OCC)cc1N. The number of carbonyl (C=O) groups is 1. The minimum absolute atomic E-state index is 0.296. The Morgan fingerprint density at radius 2 is 2.17 bits per heavy atom. The Kier molecular flexibility index (Phi) is 5.92. The maximum absolute atomic E-state index is 11.8. The summed E-state index contributed by atoms with van der Waals surface area (Å²) in [4.78, 5) is 11.8. The molecule has 2 rings (SSSR count). The third kappa shape index (κ3) is 4.11. The fourth-order valence-electron chi connectivity index (χ4n) is 3.30. The normalized spacial score (nSPS) is 22.4. The third-order valence-corrected chi connectivity index (χ3v) is 5.25. The molecular weight excluding hydrogens is 300 g/mol. The first-order valence-electron chi connectivity index (χ1n) is 8.85. The van der Waals surface area contributed by atoms with Gasteiger partial charge in [0.25, 0.3) is 0 Å². The van der Waals surface area contributed by atoms with Crippen LogP contribution in [0.1, 0.15) is 50.9 Å². The van der Waals surface area contributed by atoms with Crippen LogP contribution in [-0.2, 0) is 4.74 Å². The molecule has 3 N–H and O–H groups in total. The van der Waals surface area contributed by atoms with Gasteiger partial charge in [-0.15, -0.1) is 0 Å². The van der Waals surface area contributed by atoms with E-state index in [0.29, 0.717) is 41.7 Å². The lowest BCUT2D eigenvalue weighted by atomic mass is 9.68. The van der Waals surface area contributed by atoms with Gasteiger partial charge in [-0.1, -0.05) is 26.0 Å². The van der Waals surface area contributed by atoms with Gasteiger partial charge < -0.3 is 15.8 Å². The highest BCUT2D eigenvalue weighted by Crippen LogP contribution is 2.42. The molecule has 4 heteroatoms. The van der Waals surface area contributed by atoms with Crippen molar-refractivity contribution in [1.29, 1.82) is 0 Å². The molecule has 0 heterocycles. The molecule has 24 heavy (non-hydrogen) atoms. The van der Waals surface area contributed by atoms with E-state index in [-0.39, 0.29) is 5.97 Å². The van der Waals surface area contributed by atoms with Gasteiger partial charge in [-0.05, 0) is 62.6 Å². The number of ether oxygens (including phenoxy) is 1. The van der Waals surface area contributed by atoms with Crippen LogP contribution in [0.5, 0.6) is 0 Å². The van der Waals surface area contributed by atoms with Crippen molar-refractivity contribution in [3.05, 3.63) is 35.9 Å². The molecule has 1 saturated carbocycles. The van der Waals surface area contributed by atoms with Gasteiger partial charge in [0.05, 0.1) is 23.5 Å². The van der Waals surface area contributed by atoms with Crippen molar-refractivity contribution in [3.8, 4) is 0 Å². The van der Waals surface area contributed by atoms with Crippen LogP contribution in [0.25, 0.3) is 0 Å². The van der Waals surface area contributed by atoms with Crippen LogP contribution in [0.4, 0.5) is 11.4 Å². The third-order valence-electron chi connectivity index (χ3n) is 5.25. The quantitative estimate of drug-likeness (QED) is 0.439. The van der Waals surface area contributed by atoms with E-state index < -0.39 is 0 Å². The molecule has 1 aliphatic carbocycles. The monoisotopic (exact) mass is 330 g/mol. The standard InChI is InChI=1S/C20H30N2O2/c1-6-24-20(23)16-7-8-19(18(21)11-16)22-15(5)13(3)10-17-9-12(2)14(17)4/h7-8,11-13,15,17,22H,4,6,9-10,21H2,1-3,5H3. The number of esters is 1. The van der Waals surface area contributed by atoms with Crippen molar-refractivity contribution in [2.75, 3.05) is 17.7 Å². The molecule has 4 nitrogen and oxygen atoms in total. The van der Waals surface area contributed by atoms with E-state index >= 15 is 0 Å². The number of benzene rings is 1. The van der Waals surface area contributed by atoms with Crippen LogP contribution in [0.15, 0.2) is 30.4 Å². The Balaban J connectivity index is 1.94. The predicted molar refractivity (Wildman–Crippen MR) is 100 cm³/mol. The van der Waals surface area contributed by atoms with E-state index in [2.05, 4.69) is 32.7 Å². The fraction of sp³-hybridized carbons (Fsp3) is 0.550. The number of nitrogens with one attached hydrogen (secondary N) is 1. The highest BCUT2D eigenvalue weighted by molar-refractivity contribution is 5.91. The minimum atomic E-state index is -0.338. The fourth-order valence-corrected chi connectivity index (χ4v) is 3.30. The number of hydrogen-bond acceptors (Lipinski definition) is 4. The lowest BCUT2D eigenvalue weighted by Crippen LogP contribution is -2.31. The number of hydrogen-bond donors (Lipinski definition) is 2. The van der Waals surface area contributed by atoms with Gasteiger partial charge in [0.1, 0.15) is 0 Å². The second-order valence-electron chi connectivity index (χ2n) is 7.08. The summed E-state index contributed by atoms with van der Waals surface area (Å²) < 4.78 is 5.00. The molecule has 4 atom stereocenters. The van der Waals surface area contributed by atoms with Crippen molar-refractivity contribution in [2.45, 2.75) is 46.6 Å². The summed E-state index contributed by atoms with van der Waals surface area (Å²) in [5.41, 5.74) is 9.42. The van der Waals surface area contributed by atoms with Gasteiger partial charge >= 0.3 is 5.97 Å². The molecule has 4 unspecified atom stereocenters. The number of rotatable bonds is 7. The summed E-state index contributed by atoms with van der Waals surface area (Å²) in [5, 5.41) is 3.48. The van der Waals surface area contributed by atoms with Gasteiger partial charge in [-0.25, -0.2) is 4.79 Å². The molecule has 0 bridgehead atoms. The molecule has 0 saturated heterocycles. The summed E-state index contributed by atoms with van der Waals surface area (Å²) in [6.45, 7) is 13.0. The molecule has 1 fully saturated rings. The zero-order valence-corrected chi connectivity index (χ0v) is 15.3. The molecule has 0 aliphatic heterocycles. The highest BCUT2D eigenvalue weighted by atomic mass is 16.5. The lowest BCUT2D eigenvalue weighted by Gasteiger charge is -2.39. The van der Waals surface area contributed by atoms with Crippen LogP contribution in [0.3, 0.4) is 0 Å². The summed E-state index contributed by atoms with van der Waals surface area (Å²) >= 11 is 0. The number of carbonyl (C=O) groups excluding carboxylic acids is 1. The van der Waals surface area contributed by atoms with E-state index in [1.807, 2.05) is 6.07 Å². The van der Waals surface area contributed by atoms with Crippen molar-refractivity contribution in [3.63, 3.8) is 0 Å². The molecule has 0 spiro atoms. The first-order valence-corrected chi connectivity index (χ1v) is 8.85. The largest absolute Gasteiger partial charge is 0.462 e. The maximum atomic E-state index is 11.8. The summed E-state index contributed by atoms with van der Waals surface area (Å²) in [6, 6.07) is 5.58. The maximum Gasteiger partial charge on any atom is 0.338 e. The molecular formula is C20H30N2O2. The Hall–Kier alpha value is -1.97. The average molecular weight is 330 g/mol. The van der Waals surface area contributed by atoms with Gasteiger partial charge in [-0.2, -0.15) is 0 Å². The van der Waals surface area contributed by atoms with Crippen LogP contribution in [-0.4, -0.2) is 18.6 Å². The molecule has 1 aliphatic rings. The van der Waals surface area contributed by atoms with Crippen molar-refractivity contribution in [1.82, 2.24) is 0 Å². The molecule has 0 aromatic heterocycles. The Bertz CT molecular complexity index is 612. The van der Waals surface area contributed by atoms with E-state index in [0.717, 1.165) is 12.1 Å². The number of anilines is 2. The van der Waals surface area contributed by atoms with Crippen LogP contribution in [0, 0.1) is 17.8 Å². The predicted octanol–water partition coefficient (Wildman–Crippen LogP) is 4.48. The van der Waals surface area contributed by atoms with Crippen LogP contribution in [0.2, 0.25) is 0 Å². The van der Waals surface area contributed by atoms with E-state index in [1.165, 1.54) is 12.0 Å². The average Bonchev–Trinajstić information content (AvgIpc) is 2.55. The Morgan fingerprint density at radius 1 is 1.46 bits per heavy atom. The lowest BCUT2D eigenvalue weighted by molar-refractivity contribution is 0.0526. The number of allylic oxidation sites excluding steroid dienone is 1. The van der Waals surface area contributed by atoms with E-state index in [4.69, 9.17) is 10.5 Å². The molecule has 1 aromatic carbocycles. The van der Waals surface area contributed by atoms with Crippen molar-refractivity contribution in [2.24, 2.45) is 17.8 Å². The summed E-state index contributed by atoms with van der Waals surface area (Å²) in [5.74, 6) is 1.51. The number of nitrogen functional groups attached to an aromatic ring is 1. The van der Waals surface area contributed by atoms with E-state index in [1.54, 1.807) is 19.1 Å². The molecule has 0 amide bonds. The first-order chi connectivity index (χ1) is 11.3. The van der Waals surface area contributed by atoms with Crippen molar-refractivity contribution < 1.29 is 9.53 Å². The van der Waals surface area contributed by atoms with Gasteiger partial charge in [-0.3, -0.25) is 0 Å². The second-order valence-corrected chi connectivity index (χ2v) is 7.08. The van der Waals surface area contributed by atoms with Gasteiger partial charge in [0.2, 0.25) is 0 Å². The molecule has 1 aromatic rings. The summed E-state index contributed by atoms with van der Waals surface area (Å²) in [6.07, 6.45) is 2.41. The highest BCUT2D eigenvalue weighted by Gasteiger charge is 2.32. The Morgan fingerprint density at radius 3 is 2.71 bits per heavy atom. The zero-order valence-electron chi connectivity index (χ0n) is 15.3. The Labute approximate surface area is 145 Å². The first kappa shape index (κ1) is 18.4. The summed E-state index contributed by atoms with van der Waals surface area (Å²) in [7, 11) is 0. The van der Waals surface area contributed by atoms with Crippen LogP contribution >= 0.6 is 0 Å². The van der Waals surface area contributed by atoms with Crippen LogP contribution < -0.4 is 11.1 Å². The zero-order chi connectivity index (χ0) is 17.9. The van der Waals surface area contributed by atoms with Gasteiger partial charge in [0, 0.05) is 6.04 Å². The number of nitrogens with two attached hydrogens (primary N) is 1. The molecule has 0 radical (unpaired) electrons. The van der Waals surface area contributed by atoms with Gasteiger partial charge in [0.15, 0.2) is 0 Å². The van der Waals surface area contributed by atoms with E-state index in [9.17, 15) is 4.79 Å². The topological polar surface area (TPSA) is 64.3 Å². The smallest absolute Gasteiger partial charge is 0.338 e. The second kappa shape index (κ2) is 7.73. The van der Waals surface area contributed by atoms with Crippen molar-refractivity contribution >= 4 is 17.3 Å².